The molecule has 0 aromatic rings. The topological polar surface area (TPSA) is 117 Å². The Labute approximate surface area is 166 Å². The molecule has 0 aromatic carbocycles. The lowest BCUT2D eigenvalue weighted by Crippen LogP contribution is -2.43. The summed E-state index contributed by atoms with van der Waals surface area (Å²) in [7, 11) is -0.280. The molecule has 152 valence electrons. The van der Waals surface area contributed by atoms with E-state index in [4.69, 9.17) is 14.8 Å². The summed E-state index contributed by atoms with van der Waals surface area (Å²) >= 11 is 0. The monoisotopic (exact) mass is 400 g/mol. The Bertz CT molecular complexity index is 608. The van der Waals surface area contributed by atoms with Gasteiger partial charge < -0.3 is 19.7 Å². The van der Waals surface area contributed by atoms with Gasteiger partial charge in [-0.15, -0.1) is 12.4 Å². The second-order valence-corrected chi connectivity index (χ2v) is 8.93. The number of hydrogen-bond acceptors (Lipinski definition) is 5. The van der Waals surface area contributed by atoms with Gasteiger partial charge in [-0.3, -0.25) is 4.79 Å². The molecule has 3 aliphatic rings. The third kappa shape index (κ3) is 3.80. The van der Waals surface area contributed by atoms with Gasteiger partial charge >= 0.3 is 13.1 Å². The molecule has 0 amide bonds. The molecule has 10 heteroatoms. The largest absolute Gasteiger partial charge is 0.481 e. The molecule has 0 radical (unpaired) electrons. The summed E-state index contributed by atoms with van der Waals surface area (Å²) in [6.45, 7) is 9.69. The van der Waals surface area contributed by atoms with Crippen molar-refractivity contribution in [3.8, 4) is 0 Å². The molecule has 3 fully saturated rings. The van der Waals surface area contributed by atoms with E-state index in [2.05, 4.69) is 15.3 Å². The van der Waals surface area contributed by atoms with Crippen LogP contribution in [0, 0.1) is 17.8 Å². The highest BCUT2D eigenvalue weighted by molar-refractivity contribution is 6.45. The SMILES string of the molecule is CC1(C)OB(CCC[C@H]2[C@@H]3CNC[C@@H]3C[C@@]2(N=[N+]=[N-])C(=O)O)OC1(C)C.Cl. The van der Waals surface area contributed by atoms with Gasteiger partial charge in [0.25, 0.3) is 0 Å². The zero-order valence-corrected chi connectivity index (χ0v) is 17.3. The quantitative estimate of drug-likeness (QED) is 0.307. The minimum Gasteiger partial charge on any atom is -0.481 e. The fourth-order valence-corrected chi connectivity index (χ4v) is 4.88. The van der Waals surface area contributed by atoms with E-state index in [9.17, 15) is 9.90 Å². The van der Waals surface area contributed by atoms with Crippen molar-refractivity contribution in [2.75, 3.05) is 13.1 Å². The van der Waals surface area contributed by atoms with E-state index in [0.717, 1.165) is 19.5 Å². The highest BCUT2D eigenvalue weighted by atomic mass is 35.5. The smallest absolute Gasteiger partial charge is 0.457 e. The van der Waals surface area contributed by atoms with Gasteiger partial charge in [0.2, 0.25) is 0 Å². The van der Waals surface area contributed by atoms with Gasteiger partial charge in [-0.25, -0.2) is 0 Å². The van der Waals surface area contributed by atoms with E-state index in [-0.39, 0.29) is 48.5 Å². The normalized spacial score (nSPS) is 36.0. The number of carboxylic acids is 1. The van der Waals surface area contributed by atoms with Crippen LogP contribution in [0.15, 0.2) is 5.11 Å². The van der Waals surface area contributed by atoms with Crippen molar-refractivity contribution in [2.45, 2.75) is 70.0 Å². The Morgan fingerprint density at radius 3 is 2.48 bits per heavy atom. The van der Waals surface area contributed by atoms with Gasteiger partial charge in [-0.2, -0.15) is 0 Å². The van der Waals surface area contributed by atoms with Gasteiger partial charge in [0, 0.05) is 4.91 Å². The summed E-state index contributed by atoms with van der Waals surface area (Å²) in [5.74, 6) is -0.642. The molecular weight excluding hydrogens is 370 g/mol. The molecule has 0 bridgehead atoms. The Morgan fingerprint density at radius 2 is 1.93 bits per heavy atom. The Kier molecular flexibility index (Phi) is 6.44. The van der Waals surface area contributed by atoms with Gasteiger partial charge in [0.15, 0.2) is 0 Å². The third-order valence-electron chi connectivity index (χ3n) is 6.95. The summed E-state index contributed by atoms with van der Waals surface area (Å²) in [5.41, 5.74) is 6.94. The number of carbonyl (C=O) groups is 1. The maximum absolute atomic E-state index is 12.0. The highest BCUT2D eigenvalue weighted by Crippen LogP contribution is 2.51. The summed E-state index contributed by atoms with van der Waals surface area (Å²) < 4.78 is 12.1. The van der Waals surface area contributed by atoms with Crippen molar-refractivity contribution in [3.05, 3.63) is 10.4 Å². The summed E-state index contributed by atoms with van der Waals surface area (Å²) in [5, 5.41) is 17.0. The molecule has 2 saturated heterocycles. The molecule has 0 aromatic heterocycles. The Morgan fingerprint density at radius 1 is 1.30 bits per heavy atom. The molecule has 4 atom stereocenters. The molecule has 2 N–H and O–H groups in total. The number of hydrogen-bond donors (Lipinski definition) is 2. The molecule has 8 nitrogen and oxygen atoms in total. The maximum atomic E-state index is 12.0. The first-order chi connectivity index (χ1) is 12.1. The van der Waals surface area contributed by atoms with Crippen molar-refractivity contribution >= 4 is 25.5 Å². The second-order valence-electron chi connectivity index (χ2n) is 8.93. The number of rotatable bonds is 6. The average Bonchev–Trinajstić information content (AvgIpc) is 3.12. The second kappa shape index (κ2) is 7.80. The summed E-state index contributed by atoms with van der Waals surface area (Å²) in [6.07, 6.45) is 2.60. The average molecular weight is 401 g/mol. The van der Waals surface area contributed by atoms with Crippen LogP contribution in [0.25, 0.3) is 10.4 Å². The fourth-order valence-electron chi connectivity index (χ4n) is 4.88. The molecule has 0 unspecified atom stereocenters. The van der Waals surface area contributed by atoms with Crippen molar-refractivity contribution in [3.63, 3.8) is 0 Å². The molecule has 0 spiro atoms. The molecule has 2 heterocycles. The number of nitrogens with zero attached hydrogens (tertiary/aromatic N) is 3. The molecule has 1 aliphatic carbocycles. The van der Waals surface area contributed by atoms with Gasteiger partial charge in [0.1, 0.15) is 5.54 Å². The van der Waals surface area contributed by atoms with E-state index < -0.39 is 11.5 Å². The van der Waals surface area contributed by atoms with Gasteiger partial charge in [-0.1, -0.05) is 11.5 Å². The number of carboxylic acid groups (broad SMARTS) is 1. The number of halogens is 1. The van der Waals surface area contributed by atoms with E-state index in [1.807, 2.05) is 27.7 Å². The first kappa shape index (κ1) is 22.3. The standard InChI is InChI=1S/C17H29BN4O4.ClH/c1-15(2)16(3,4)26-18(25-15)7-5-6-13-12-10-20-9-11(12)8-17(13,14(23)24)21-22-19;/h11-13,20H,5-10H2,1-4H3,(H,23,24);1H/t11-,12+,13-,17-;/m0./s1. The minimum atomic E-state index is -1.32. The van der Waals surface area contributed by atoms with E-state index in [0.29, 0.717) is 19.2 Å². The molecule has 3 rings (SSSR count). The first-order valence-electron chi connectivity index (χ1n) is 9.49. The molecule has 2 aliphatic heterocycles. The van der Waals surface area contributed by atoms with Crippen LogP contribution >= 0.6 is 12.4 Å². The molecule has 27 heavy (non-hydrogen) atoms. The zero-order chi connectivity index (χ0) is 19.2. The van der Waals surface area contributed by atoms with E-state index in [1.165, 1.54) is 0 Å². The number of fused-ring (bicyclic) bond motifs is 1. The van der Waals surface area contributed by atoms with E-state index in [1.54, 1.807) is 0 Å². The fraction of sp³-hybridized carbons (Fsp3) is 0.941. The van der Waals surface area contributed by atoms with Crippen molar-refractivity contribution in [1.82, 2.24) is 5.32 Å². The highest BCUT2D eigenvalue weighted by Gasteiger charge is 2.58. The maximum Gasteiger partial charge on any atom is 0.457 e. The van der Waals surface area contributed by atoms with Gasteiger partial charge in [0.05, 0.1) is 11.2 Å². The summed E-state index contributed by atoms with van der Waals surface area (Å²) in [4.78, 5) is 14.9. The molecule has 1 saturated carbocycles. The Balaban J connectivity index is 0.00000261. The van der Waals surface area contributed by atoms with Crippen LogP contribution in [0.3, 0.4) is 0 Å². The number of nitrogens with one attached hydrogen (secondary N) is 1. The van der Waals surface area contributed by atoms with Gasteiger partial charge in [-0.05, 0) is 83.2 Å². The van der Waals surface area contributed by atoms with Crippen LogP contribution < -0.4 is 5.32 Å². The summed E-state index contributed by atoms with van der Waals surface area (Å²) in [6, 6.07) is 0. The van der Waals surface area contributed by atoms with Crippen LogP contribution in [0.5, 0.6) is 0 Å². The van der Waals surface area contributed by atoms with Crippen LogP contribution in [0.1, 0.15) is 47.0 Å². The minimum absolute atomic E-state index is 0. The molecular formula is C17H30BClN4O4. The van der Waals surface area contributed by atoms with Crippen molar-refractivity contribution in [2.24, 2.45) is 22.9 Å². The van der Waals surface area contributed by atoms with Crippen molar-refractivity contribution in [1.29, 1.82) is 0 Å². The van der Waals surface area contributed by atoms with Crippen LogP contribution in [0.4, 0.5) is 0 Å². The number of aliphatic carboxylic acids is 1. The van der Waals surface area contributed by atoms with Crippen LogP contribution in [-0.2, 0) is 14.1 Å². The lowest BCUT2D eigenvalue weighted by Gasteiger charge is -2.32. The Hall–Kier alpha value is -0.985. The lowest BCUT2D eigenvalue weighted by atomic mass is 9.75. The van der Waals surface area contributed by atoms with Crippen LogP contribution in [0.2, 0.25) is 6.32 Å². The first-order valence-corrected chi connectivity index (χ1v) is 9.49. The zero-order valence-electron chi connectivity index (χ0n) is 16.5. The predicted octanol–water partition coefficient (Wildman–Crippen LogP) is 3.27. The lowest BCUT2D eigenvalue weighted by molar-refractivity contribution is -0.145. The van der Waals surface area contributed by atoms with Crippen molar-refractivity contribution < 1.29 is 19.2 Å². The predicted molar refractivity (Wildman–Crippen MR) is 105 cm³/mol. The number of azide groups is 1. The third-order valence-corrected chi connectivity index (χ3v) is 6.95. The van der Waals surface area contributed by atoms with Crippen LogP contribution in [-0.4, -0.2) is 48.0 Å². The van der Waals surface area contributed by atoms with E-state index >= 15 is 0 Å².